The summed E-state index contributed by atoms with van der Waals surface area (Å²) in [6.07, 6.45) is 1.73. The molecule has 1 aromatic carbocycles. The van der Waals surface area contributed by atoms with E-state index in [2.05, 4.69) is 12.6 Å². The molecule has 0 fully saturated rings. The van der Waals surface area contributed by atoms with Crippen LogP contribution in [0.5, 0.6) is 5.75 Å². The zero-order chi connectivity index (χ0) is 10.6. The van der Waals surface area contributed by atoms with Gasteiger partial charge in [-0.3, -0.25) is 0 Å². The van der Waals surface area contributed by atoms with Crippen LogP contribution in [-0.2, 0) is 0 Å². The number of rotatable bonds is 3. The van der Waals surface area contributed by atoms with E-state index in [4.69, 9.17) is 10.00 Å². The molecule has 72 valence electrons. The summed E-state index contributed by atoms with van der Waals surface area (Å²) < 4.78 is 5.62. The number of hydrogen-bond acceptors (Lipinski definition) is 2. The molecule has 0 amide bonds. The van der Waals surface area contributed by atoms with Crippen LogP contribution in [0.4, 0.5) is 0 Å². The van der Waals surface area contributed by atoms with Gasteiger partial charge in [-0.15, -0.1) is 0 Å². The van der Waals surface area contributed by atoms with E-state index in [1.807, 2.05) is 19.9 Å². The van der Waals surface area contributed by atoms with Gasteiger partial charge in [-0.25, -0.2) is 0 Å². The molecular formula is C12H13NO. The Morgan fingerprint density at radius 2 is 2.21 bits per heavy atom. The van der Waals surface area contributed by atoms with Crippen LogP contribution in [-0.4, -0.2) is 5.60 Å². The Kier molecular flexibility index (Phi) is 2.93. The van der Waals surface area contributed by atoms with Crippen molar-refractivity contribution in [3.8, 4) is 11.8 Å². The molecule has 0 unspecified atom stereocenters. The third-order valence-electron chi connectivity index (χ3n) is 1.84. The molecule has 2 nitrogen and oxygen atoms in total. The van der Waals surface area contributed by atoms with Gasteiger partial charge < -0.3 is 4.74 Å². The minimum atomic E-state index is -0.409. The molecule has 0 bridgehead atoms. The number of ether oxygens (including phenoxy) is 1. The van der Waals surface area contributed by atoms with E-state index < -0.39 is 5.60 Å². The highest BCUT2D eigenvalue weighted by atomic mass is 16.5. The van der Waals surface area contributed by atoms with Crippen LogP contribution >= 0.6 is 0 Å². The lowest BCUT2D eigenvalue weighted by Gasteiger charge is -2.22. The highest BCUT2D eigenvalue weighted by Gasteiger charge is 2.14. The largest absolute Gasteiger partial charge is 0.484 e. The molecule has 0 aliphatic heterocycles. The summed E-state index contributed by atoms with van der Waals surface area (Å²) in [7, 11) is 0. The summed E-state index contributed by atoms with van der Waals surface area (Å²) in [5.41, 5.74) is 0.191. The van der Waals surface area contributed by atoms with Gasteiger partial charge in [0.2, 0.25) is 0 Å². The zero-order valence-electron chi connectivity index (χ0n) is 8.45. The second-order valence-electron chi connectivity index (χ2n) is 3.55. The predicted molar refractivity (Wildman–Crippen MR) is 56.1 cm³/mol. The minimum absolute atomic E-state index is 0.409. The van der Waals surface area contributed by atoms with Crippen molar-refractivity contribution in [1.29, 1.82) is 5.26 Å². The third-order valence-corrected chi connectivity index (χ3v) is 1.84. The molecule has 0 saturated heterocycles. The normalized spacial score (nSPS) is 10.4. The van der Waals surface area contributed by atoms with Crippen LogP contribution in [0.1, 0.15) is 19.4 Å². The number of nitriles is 1. The maximum atomic E-state index is 8.69. The Morgan fingerprint density at radius 3 is 2.79 bits per heavy atom. The van der Waals surface area contributed by atoms with E-state index in [1.54, 1.807) is 24.3 Å². The summed E-state index contributed by atoms with van der Waals surface area (Å²) in [6.45, 7) is 7.51. The first-order valence-electron chi connectivity index (χ1n) is 4.40. The van der Waals surface area contributed by atoms with E-state index in [0.717, 1.165) is 0 Å². The number of nitrogens with zero attached hydrogens (tertiary/aromatic N) is 1. The van der Waals surface area contributed by atoms with Crippen molar-refractivity contribution in [1.82, 2.24) is 0 Å². The Bertz CT molecular complexity index is 374. The van der Waals surface area contributed by atoms with Gasteiger partial charge in [-0.1, -0.05) is 12.6 Å². The molecule has 0 spiro atoms. The molecule has 1 aromatic rings. The second kappa shape index (κ2) is 3.97. The van der Waals surface area contributed by atoms with Crippen LogP contribution in [0.2, 0.25) is 0 Å². The van der Waals surface area contributed by atoms with Crippen molar-refractivity contribution in [2.75, 3.05) is 0 Å². The highest BCUT2D eigenvalue weighted by molar-refractivity contribution is 5.36. The summed E-state index contributed by atoms with van der Waals surface area (Å²) in [5, 5.41) is 8.69. The van der Waals surface area contributed by atoms with Crippen molar-refractivity contribution in [2.45, 2.75) is 19.4 Å². The first-order chi connectivity index (χ1) is 6.57. The summed E-state index contributed by atoms with van der Waals surface area (Å²) >= 11 is 0. The summed E-state index contributed by atoms with van der Waals surface area (Å²) in [6, 6.07) is 9.15. The average molecular weight is 187 g/mol. The van der Waals surface area contributed by atoms with Crippen LogP contribution < -0.4 is 4.74 Å². The highest BCUT2D eigenvalue weighted by Crippen LogP contribution is 2.19. The summed E-state index contributed by atoms with van der Waals surface area (Å²) in [5.74, 6) is 0.689. The van der Waals surface area contributed by atoms with Crippen LogP contribution in [0.3, 0.4) is 0 Å². The Hall–Kier alpha value is -1.75. The van der Waals surface area contributed by atoms with E-state index in [-0.39, 0.29) is 0 Å². The topological polar surface area (TPSA) is 33.0 Å². The molecule has 0 N–H and O–H groups in total. The van der Waals surface area contributed by atoms with Gasteiger partial charge in [0.15, 0.2) is 0 Å². The maximum absolute atomic E-state index is 8.69. The summed E-state index contributed by atoms with van der Waals surface area (Å²) in [4.78, 5) is 0. The lowest BCUT2D eigenvalue weighted by atomic mass is 10.1. The molecule has 2 heteroatoms. The van der Waals surface area contributed by atoms with E-state index in [0.29, 0.717) is 11.3 Å². The number of benzene rings is 1. The van der Waals surface area contributed by atoms with Crippen molar-refractivity contribution >= 4 is 0 Å². The van der Waals surface area contributed by atoms with Gasteiger partial charge in [0.05, 0.1) is 11.6 Å². The lowest BCUT2D eigenvalue weighted by Crippen LogP contribution is -2.24. The van der Waals surface area contributed by atoms with Crippen LogP contribution in [0.25, 0.3) is 0 Å². The van der Waals surface area contributed by atoms with E-state index in [9.17, 15) is 0 Å². The quantitative estimate of drug-likeness (QED) is 0.681. The molecular weight excluding hydrogens is 174 g/mol. The fourth-order valence-corrected chi connectivity index (χ4v) is 0.975. The average Bonchev–Trinajstić information content (AvgIpc) is 2.17. The SMILES string of the molecule is C=CC(C)(C)Oc1cccc(C#N)c1. The van der Waals surface area contributed by atoms with E-state index in [1.165, 1.54) is 0 Å². The van der Waals surface area contributed by atoms with Gasteiger partial charge in [0.1, 0.15) is 11.4 Å². The van der Waals surface area contributed by atoms with E-state index >= 15 is 0 Å². The molecule has 0 aliphatic carbocycles. The fourth-order valence-electron chi connectivity index (χ4n) is 0.975. The van der Waals surface area contributed by atoms with Gasteiger partial charge in [0.25, 0.3) is 0 Å². The smallest absolute Gasteiger partial charge is 0.121 e. The van der Waals surface area contributed by atoms with Crippen LogP contribution in [0.15, 0.2) is 36.9 Å². The fraction of sp³-hybridized carbons (Fsp3) is 0.250. The zero-order valence-corrected chi connectivity index (χ0v) is 8.45. The molecule has 1 rings (SSSR count). The molecule has 0 saturated carbocycles. The molecule has 0 aliphatic rings. The lowest BCUT2D eigenvalue weighted by molar-refractivity contribution is 0.162. The van der Waals surface area contributed by atoms with Crippen LogP contribution in [0, 0.1) is 11.3 Å². The molecule has 14 heavy (non-hydrogen) atoms. The van der Waals surface area contributed by atoms with Crippen molar-refractivity contribution in [2.24, 2.45) is 0 Å². The Labute approximate surface area is 84.4 Å². The monoisotopic (exact) mass is 187 g/mol. The predicted octanol–water partition coefficient (Wildman–Crippen LogP) is 2.90. The van der Waals surface area contributed by atoms with Gasteiger partial charge in [-0.05, 0) is 38.1 Å². The van der Waals surface area contributed by atoms with Gasteiger partial charge in [0, 0.05) is 0 Å². The first kappa shape index (κ1) is 10.3. The number of hydrogen-bond donors (Lipinski definition) is 0. The molecule has 0 heterocycles. The van der Waals surface area contributed by atoms with Gasteiger partial charge in [-0.2, -0.15) is 5.26 Å². The van der Waals surface area contributed by atoms with Gasteiger partial charge >= 0.3 is 0 Å². The third kappa shape index (κ3) is 2.63. The van der Waals surface area contributed by atoms with Crippen molar-refractivity contribution in [3.63, 3.8) is 0 Å². The molecule has 0 atom stereocenters. The second-order valence-corrected chi connectivity index (χ2v) is 3.55. The van der Waals surface area contributed by atoms with Crippen molar-refractivity contribution < 1.29 is 4.74 Å². The van der Waals surface area contributed by atoms with Crippen molar-refractivity contribution in [3.05, 3.63) is 42.5 Å². The molecule has 0 aromatic heterocycles. The standard InChI is InChI=1S/C12H13NO/c1-4-12(2,3)14-11-7-5-6-10(8-11)9-13/h4-8H,1H2,2-3H3. The minimum Gasteiger partial charge on any atom is -0.484 e. The molecule has 0 radical (unpaired) electrons. The Morgan fingerprint density at radius 1 is 1.50 bits per heavy atom. The Balaban J connectivity index is 2.88. The first-order valence-corrected chi connectivity index (χ1v) is 4.40. The maximum Gasteiger partial charge on any atom is 0.121 e.